The van der Waals surface area contributed by atoms with Crippen LogP contribution < -0.4 is 9.47 Å². The summed E-state index contributed by atoms with van der Waals surface area (Å²) in [6.07, 6.45) is 2.65. The Bertz CT molecular complexity index is 1590. The van der Waals surface area contributed by atoms with Gasteiger partial charge in [0.05, 0.1) is 14.2 Å². The molecule has 8 heteroatoms. The largest absolute Gasteiger partial charge is 0.497 e. The molecule has 0 saturated carbocycles. The summed E-state index contributed by atoms with van der Waals surface area (Å²) in [6, 6.07) is 21.1. The molecule has 37 heavy (non-hydrogen) atoms. The van der Waals surface area contributed by atoms with Crippen molar-refractivity contribution in [1.29, 1.82) is 0 Å². The normalized spacial score (nSPS) is 14.5. The lowest BCUT2D eigenvalue weighted by atomic mass is 9.97. The summed E-state index contributed by atoms with van der Waals surface area (Å²) in [4.78, 5) is 0.113. The van der Waals surface area contributed by atoms with Gasteiger partial charge < -0.3 is 14.0 Å². The van der Waals surface area contributed by atoms with Gasteiger partial charge in [-0.2, -0.15) is 4.31 Å². The first-order valence-corrected chi connectivity index (χ1v) is 13.9. The number of hydrogen-bond acceptors (Lipinski definition) is 4. The SMILES string of the molecule is COc1ccc(OC)c(S(=O)(=O)N2CC=C(c3c(C)n(Cc4ccc(Cl)cc4)c4ccccc34)CC2)c1. The molecule has 0 spiro atoms. The lowest BCUT2D eigenvalue weighted by molar-refractivity contribution is 0.386. The number of halogens is 1. The van der Waals surface area contributed by atoms with Gasteiger partial charge in [-0.05, 0) is 54.8 Å². The third-order valence-corrected chi connectivity index (χ3v) is 9.10. The van der Waals surface area contributed by atoms with Crippen molar-refractivity contribution in [2.45, 2.75) is 24.8 Å². The monoisotopic (exact) mass is 536 g/mol. The van der Waals surface area contributed by atoms with Crippen molar-refractivity contribution in [3.05, 3.63) is 94.6 Å². The van der Waals surface area contributed by atoms with E-state index in [0.29, 0.717) is 24.5 Å². The van der Waals surface area contributed by atoms with Gasteiger partial charge >= 0.3 is 0 Å². The number of methoxy groups -OCH3 is 2. The minimum absolute atomic E-state index is 0.113. The minimum atomic E-state index is -3.77. The zero-order valence-corrected chi connectivity index (χ0v) is 22.6. The Balaban J connectivity index is 1.49. The van der Waals surface area contributed by atoms with Crippen LogP contribution in [0.3, 0.4) is 0 Å². The average molecular weight is 537 g/mol. The molecular weight excluding hydrogens is 508 g/mol. The van der Waals surface area contributed by atoms with E-state index >= 15 is 0 Å². The van der Waals surface area contributed by atoms with Crippen molar-refractivity contribution in [2.75, 3.05) is 27.3 Å². The van der Waals surface area contributed by atoms with Crippen molar-refractivity contribution in [1.82, 2.24) is 8.87 Å². The van der Waals surface area contributed by atoms with Crippen molar-refractivity contribution in [2.24, 2.45) is 0 Å². The fourth-order valence-electron chi connectivity index (χ4n) is 5.03. The van der Waals surface area contributed by atoms with E-state index in [1.54, 1.807) is 12.1 Å². The van der Waals surface area contributed by atoms with E-state index in [0.717, 1.165) is 28.4 Å². The maximum absolute atomic E-state index is 13.5. The molecule has 0 radical (unpaired) electrons. The van der Waals surface area contributed by atoms with Crippen LogP contribution in [0.1, 0.15) is 23.2 Å². The molecule has 0 atom stereocenters. The summed E-state index contributed by atoms with van der Waals surface area (Å²) < 4.78 is 41.5. The number of fused-ring (bicyclic) bond motifs is 1. The standard InChI is InChI=1S/C29H29ClN2O4S/c1-20-29(25-6-4-5-7-26(25)32(20)19-21-8-10-23(30)11-9-21)22-14-16-31(17-15-22)37(33,34)28-18-24(35-2)12-13-27(28)36-3/h4-14,18H,15-17,19H2,1-3H3. The van der Waals surface area contributed by atoms with E-state index in [-0.39, 0.29) is 11.4 Å². The molecule has 1 aliphatic rings. The topological polar surface area (TPSA) is 60.8 Å². The van der Waals surface area contributed by atoms with E-state index in [1.807, 2.05) is 36.4 Å². The number of nitrogens with zero attached hydrogens (tertiary/aromatic N) is 2. The number of rotatable bonds is 7. The number of aromatic nitrogens is 1. The Morgan fingerprint density at radius 2 is 1.73 bits per heavy atom. The van der Waals surface area contributed by atoms with Crippen LogP contribution in [-0.4, -0.2) is 44.6 Å². The van der Waals surface area contributed by atoms with Crippen LogP contribution in [0, 0.1) is 6.92 Å². The summed E-state index contributed by atoms with van der Waals surface area (Å²) in [7, 11) is -0.783. The van der Waals surface area contributed by atoms with E-state index in [1.165, 1.54) is 41.1 Å². The molecule has 0 saturated heterocycles. The molecule has 1 aliphatic heterocycles. The van der Waals surface area contributed by atoms with Gasteiger partial charge in [0.2, 0.25) is 10.0 Å². The summed E-state index contributed by atoms with van der Waals surface area (Å²) in [5, 5.41) is 1.89. The maximum atomic E-state index is 13.5. The van der Waals surface area contributed by atoms with Crippen molar-refractivity contribution in [3.63, 3.8) is 0 Å². The third-order valence-electron chi connectivity index (χ3n) is 6.97. The van der Waals surface area contributed by atoms with Gasteiger partial charge in [0, 0.05) is 52.9 Å². The van der Waals surface area contributed by atoms with E-state index in [4.69, 9.17) is 21.1 Å². The maximum Gasteiger partial charge on any atom is 0.247 e. The van der Waals surface area contributed by atoms with Gasteiger partial charge in [-0.25, -0.2) is 8.42 Å². The van der Waals surface area contributed by atoms with Crippen LogP contribution in [0.2, 0.25) is 5.02 Å². The molecule has 0 unspecified atom stereocenters. The van der Waals surface area contributed by atoms with E-state index < -0.39 is 10.0 Å². The predicted molar refractivity (Wildman–Crippen MR) is 148 cm³/mol. The molecule has 1 aromatic heterocycles. The van der Waals surface area contributed by atoms with Crippen molar-refractivity contribution in [3.8, 4) is 11.5 Å². The molecule has 0 amide bonds. The molecule has 0 N–H and O–H groups in total. The number of hydrogen-bond donors (Lipinski definition) is 0. The van der Waals surface area contributed by atoms with Gasteiger partial charge in [0.1, 0.15) is 16.4 Å². The highest BCUT2D eigenvalue weighted by atomic mass is 35.5. The van der Waals surface area contributed by atoms with Crippen LogP contribution in [0.15, 0.2) is 77.7 Å². The fourth-order valence-corrected chi connectivity index (χ4v) is 6.71. The number of para-hydroxylation sites is 1. The summed E-state index contributed by atoms with van der Waals surface area (Å²) in [6.45, 7) is 3.53. The Hall–Kier alpha value is -3.26. The highest BCUT2D eigenvalue weighted by Gasteiger charge is 2.30. The summed E-state index contributed by atoms with van der Waals surface area (Å²) in [5.74, 6) is 0.772. The average Bonchev–Trinajstić information content (AvgIpc) is 3.20. The van der Waals surface area contributed by atoms with Crippen molar-refractivity contribution < 1.29 is 17.9 Å². The highest BCUT2D eigenvalue weighted by molar-refractivity contribution is 7.89. The van der Waals surface area contributed by atoms with E-state index in [9.17, 15) is 8.42 Å². The second-order valence-electron chi connectivity index (χ2n) is 9.05. The quantitative estimate of drug-likeness (QED) is 0.284. The molecule has 2 heterocycles. The molecule has 0 aliphatic carbocycles. The smallest absolute Gasteiger partial charge is 0.247 e. The molecule has 192 valence electrons. The first-order valence-electron chi connectivity index (χ1n) is 12.1. The van der Waals surface area contributed by atoms with Crippen molar-refractivity contribution >= 4 is 38.1 Å². The Morgan fingerprint density at radius 3 is 2.41 bits per heavy atom. The lowest BCUT2D eigenvalue weighted by Gasteiger charge is -2.27. The van der Waals surface area contributed by atoms with Gasteiger partial charge in [-0.1, -0.05) is 48.0 Å². The van der Waals surface area contributed by atoms with E-state index in [2.05, 4.69) is 29.7 Å². The van der Waals surface area contributed by atoms with Crippen LogP contribution in [0.25, 0.3) is 16.5 Å². The summed E-state index contributed by atoms with van der Waals surface area (Å²) in [5.41, 5.74) is 5.82. The highest BCUT2D eigenvalue weighted by Crippen LogP contribution is 2.37. The van der Waals surface area contributed by atoms with Crippen LogP contribution in [-0.2, 0) is 16.6 Å². The number of ether oxygens (including phenoxy) is 2. The zero-order valence-electron chi connectivity index (χ0n) is 21.1. The molecule has 3 aromatic carbocycles. The molecule has 0 fully saturated rings. The first kappa shape index (κ1) is 25.4. The molecule has 6 nitrogen and oxygen atoms in total. The molecular formula is C29H29ClN2O4S. The van der Waals surface area contributed by atoms with Gasteiger partial charge in [-0.3, -0.25) is 0 Å². The zero-order chi connectivity index (χ0) is 26.2. The fraction of sp³-hybridized carbons (Fsp3) is 0.241. The summed E-state index contributed by atoms with van der Waals surface area (Å²) >= 11 is 6.09. The minimum Gasteiger partial charge on any atom is -0.497 e. The second kappa shape index (κ2) is 10.2. The molecule has 0 bridgehead atoms. The Labute approximate surface area is 222 Å². The molecule has 5 rings (SSSR count). The van der Waals surface area contributed by atoms with Crippen LogP contribution in [0.4, 0.5) is 0 Å². The van der Waals surface area contributed by atoms with Crippen LogP contribution in [0.5, 0.6) is 11.5 Å². The lowest BCUT2D eigenvalue weighted by Crippen LogP contribution is -2.35. The third kappa shape index (κ3) is 4.75. The van der Waals surface area contributed by atoms with Gasteiger partial charge in [0.15, 0.2) is 0 Å². The Morgan fingerprint density at radius 1 is 0.973 bits per heavy atom. The van der Waals surface area contributed by atoms with Gasteiger partial charge in [-0.15, -0.1) is 0 Å². The van der Waals surface area contributed by atoms with Gasteiger partial charge in [0.25, 0.3) is 0 Å². The first-order chi connectivity index (χ1) is 17.8. The van der Waals surface area contributed by atoms with Crippen LogP contribution >= 0.6 is 11.6 Å². The number of benzene rings is 3. The second-order valence-corrected chi connectivity index (χ2v) is 11.4. The Kier molecular flexibility index (Phi) is 7.03. The predicted octanol–water partition coefficient (Wildman–Crippen LogP) is 6.15. The number of sulfonamides is 1. The molecule has 4 aromatic rings.